The molecule has 0 aromatic heterocycles. The molecular formula is C18H22O2S2. The van der Waals surface area contributed by atoms with Crippen LogP contribution in [-0.2, 0) is 16.3 Å². The van der Waals surface area contributed by atoms with Crippen LogP contribution in [0.5, 0.6) is 0 Å². The molecule has 2 aromatic rings. The first kappa shape index (κ1) is 17.1. The van der Waals surface area contributed by atoms with E-state index in [4.69, 9.17) is 0 Å². The summed E-state index contributed by atoms with van der Waals surface area (Å²) in [4.78, 5) is 0.428. The van der Waals surface area contributed by atoms with Gasteiger partial charge in [-0.25, -0.2) is 8.42 Å². The lowest BCUT2D eigenvalue weighted by molar-refractivity contribution is 0.587. The van der Waals surface area contributed by atoms with Crippen molar-refractivity contribution in [2.75, 3.05) is 6.26 Å². The van der Waals surface area contributed by atoms with Crippen molar-refractivity contribution in [3.05, 3.63) is 65.7 Å². The number of hydrogen-bond acceptors (Lipinski definition) is 3. The first-order valence-electron chi connectivity index (χ1n) is 7.41. The van der Waals surface area contributed by atoms with Crippen LogP contribution in [0, 0.1) is 6.92 Å². The summed E-state index contributed by atoms with van der Waals surface area (Å²) >= 11 is 1.42. The number of hydrogen-bond donors (Lipinski definition) is 0. The molecule has 0 amide bonds. The lowest BCUT2D eigenvalue weighted by Crippen LogP contribution is -2.18. The molecule has 2 nitrogen and oxygen atoms in total. The SMILES string of the molecule is CSC(CCCc1ccccc1)S(=O)(=O)c1ccc(C)cc1. The van der Waals surface area contributed by atoms with Crippen molar-refractivity contribution in [1.29, 1.82) is 0 Å². The Morgan fingerprint density at radius 1 is 1.00 bits per heavy atom. The Hall–Kier alpha value is -1.26. The quantitative estimate of drug-likeness (QED) is 0.748. The summed E-state index contributed by atoms with van der Waals surface area (Å²) in [7, 11) is -3.26. The van der Waals surface area contributed by atoms with Crippen LogP contribution in [0.3, 0.4) is 0 Å². The Kier molecular flexibility index (Phi) is 6.09. The van der Waals surface area contributed by atoms with E-state index in [1.54, 1.807) is 12.1 Å². The molecule has 0 aliphatic heterocycles. The standard InChI is InChI=1S/C18H22O2S2/c1-15-11-13-17(14-12-15)22(19,20)18(21-2)10-6-9-16-7-4-3-5-8-16/h3-5,7-8,11-14,18H,6,9-10H2,1-2H3. The fourth-order valence-electron chi connectivity index (χ4n) is 2.40. The Morgan fingerprint density at radius 3 is 2.23 bits per heavy atom. The van der Waals surface area contributed by atoms with Crippen LogP contribution in [0.25, 0.3) is 0 Å². The van der Waals surface area contributed by atoms with Crippen molar-refractivity contribution in [2.45, 2.75) is 35.7 Å². The van der Waals surface area contributed by atoms with Crippen molar-refractivity contribution in [3.8, 4) is 0 Å². The van der Waals surface area contributed by atoms with Crippen molar-refractivity contribution in [1.82, 2.24) is 0 Å². The highest BCUT2D eigenvalue weighted by molar-refractivity contribution is 8.13. The molecule has 0 aliphatic rings. The zero-order valence-corrected chi connectivity index (χ0v) is 14.7. The van der Waals surface area contributed by atoms with Gasteiger partial charge in [0.15, 0.2) is 9.84 Å². The molecule has 0 heterocycles. The van der Waals surface area contributed by atoms with Gasteiger partial charge in [-0.3, -0.25) is 0 Å². The van der Waals surface area contributed by atoms with E-state index in [-0.39, 0.29) is 4.58 Å². The normalized spacial score (nSPS) is 13.0. The second-order valence-electron chi connectivity index (χ2n) is 5.40. The van der Waals surface area contributed by atoms with Gasteiger partial charge in [0, 0.05) is 0 Å². The zero-order chi connectivity index (χ0) is 16.0. The molecule has 0 spiro atoms. The minimum absolute atomic E-state index is 0.376. The van der Waals surface area contributed by atoms with Crippen LogP contribution in [0.2, 0.25) is 0 Å². The lowest BCUT2D eigenvalue weighted by Gasteiger charge is -2.15. The van der Waals surface area contributed by atoms with Crippen molar-refractivity contribution in [3.63, 3.8) is 0 Å². The molecule has 0 N–H and O–H groups in total. The van der Waals surface area contributed by atoms with Crippen LogP contribution in [0.1, 0.15) is 24.0 Å². The van der Waals surface area contributed by atoms with Crippen LogP contribution in [0.15, 0.2) is 59.5 Å². The predicted octanol–water partition coefficient (Wildman–Crippen LogP) is 4.48. The van der Waals surface area contributed by atoms with Gasteiger partial charge in [0.2, 0.25) is 0 Å². The van der Waals surface area contributed by atoms with E-state index in [0.717, 1.165) is 18.4 Å². The van der Waals surface area contributed by atoms with E-state index >= 15 is 0 Å². The maximum atomic E-state index is 12.7. The molecule has 1 unspecified atom stereocenters. The van der Waals surface area contributed by atoms with Gasteiger partial charge in [-0.05, 0) is 50.1 Å². The molecule has 22 heavy (non-hydrogen) atoms. The van der Waals surface area contributed by atoms with Gasteiger partial charge in [0.1, 0.15) is 4.58 Å². The Bertz CT molecular complexity index is 677. The summed E-state index contributed by atoms with van der Waals surface area (Å²) in [6.07, 6.45) is 4.34. The highest BCUT2D eigenvalue weighted by atomic mass is 32.3. The first-order chi connectivity index (χ1) is 10.5. The predicted molar refractivity (Wildman–Crippen MR) is 95.0 cm³/mol. The van der Waals surface area contributed by atoms with Gasteiger partial charge in [-0.15, -0.1) is 11.8 Å². The Labute approximate surface area is 137 Å². The fourth-order valence-corrected chi connectivity index (χ4v) is 5.44. The highest BCUT2D eigenvalue weighted by Crippen LogP contribution is 2.27. The molecule has 0 saturated carbocycles. The minimum atomic E-state index is -3.26. The summed E-state index contributed by atoms with van der Waals surface area (Å²) in [5.41, 5.74) is 2.33. The molecule has 0 radical (unpaired) electrons. The largest absolute Gasteiger partial charge is 0.223 e. The van der Waals surface area contributed by atoms with Gasteiger partial charge in [0.25, 0.3) is 0 Å². The van der Waals surface area contributed by atoms with Crippen LogP contribution < -0.4 is 0 Å². The van der Waals surface area contributed by atoms with E-state index in [1.807, 2.05) is 43.5 Å². The number of sulfone groups is 1. The topological polar surface area (TPSA) is 34.1 Å². The number of aryl methyl sites for hydroxylation is 2. The second-order valence-corrected chi connectivity index (χ2v) is 8.87. The van der Waals surface area contributed by atoms with E-state index in [0.29, 0.717) is 11.3 Å². The van der Waals surface area contributed by atoms with Gasteiger partial charge in [0.05, 0.1) is 4.90 Å². The molecular weight excluding hydrogens is 312 g/mol. The molecule has 118 valence electrons. The summed E-state index contributed by atoms with van der Waals surface area (Å²) in [6, 6.07) is 17.3. The average Bonchev–Trinajstić information content (AvgIpc) is 2.53. The summed E-state index contributed by atoms with van der Waals surface area (Å²) < 4.78 is 25.0. The maximum Gasteiger partial charge on any atom is 0.190 e. The van der Waals surface area contributed by atoms with Crippen LogP contribution in [0.4, 0.5) is 0 Å². The lowest BCUT2D eigenvalue weighted by atomic mass is 10.1. The molecule has 0 saturated heterocycles. The molecule has 0 bridgehead atoms. The third kappa shape index (κ3) is 4.37. The van der Waals surface area contributed by atoms with E-state index < -0.39 is 9.84 Å². The molecule has 0 aliphatic carbocycles. The number of thioether (sulfide) groups is 1. The molecule has 2 aromatic carbocycles. The number of benzene rings is 2. The zero-order valence-electron chi connectivity index (χ0n) is 13.0. The monoisotopic (exact) mass is 334 g/mol. The van der Waals surface area contributed by atoms with Gasteiger partial charge < -0.3 is 0 Å². The third-order valence-electron chi connectivity index (χ3n) is 3.71. The molecule has 2 rings (SSSR count). The van der Waals surface area contributed by atoms with Gasteiger partial charge in [-0.1, -0.05) is 48.0 Å². The van der Waals surface area contributed by atoms with Gasteiger partial charge in [-0.2, -0.15) is 0 Å². The summed E-state index contributed by atoms with van der Waals surface area (Å²) in [5, 5.41) is 0. The van der Waals surface area contributed by atoms with Crippen molar-refractivity contribution in [2.24, 2.45) is 0 Å². The first-order valence-corrected chi connectivity index (χ1v) is 10.2. The molecule has 1 atom stereocenters. The number of rotatable bonds is 7. The van der Waals surface area contributed by atoms with Gasteiger partial charge >= 0.3 is 0 Å². The minimum Gasteiger partial charge on any atom is -0.223 e. The van der Waals surface area contributed by atoms with Crippen LogP contribution >= 0.6 is 11.8 Å². The van der Waals surface area contributed by atoms with Crippen molar-refractivity contribution < 1.29 is 8.42 Å². The smallest absolute Gasteiger partial charge is 0.190 e. The average molecular weight is 335 g/mol. The molecule has 0 fully saturated rings. The van der Waals surface area contributed by atoms with Crippen molar-refractivity contribution >= 4 is 21.6 Å². The van der Waals surface area contributed by atoms with Crippen LogP contribution in [-0.4, -0.2) is 19.3 Å². The maximum absolute atomic E-state index is 12.7. The Balaban J connectivity index is 2.02. The van der Waals surface area contributed by atoms with E-state index in [9.17, 15) is 8.42 Å². The Morgan fingerprint density at radius 2 is 1.64 bits per heavy atom. The second kappa shape index (κ2) is 7.84. The summed E-state index contributed by atoms with van der Waals surface area (Å²) in [6.45, 7) is 1.96. The molecule has 4 heteroatoms. The highest BCUT2D eigenvalue weighted by Gasteiger charge is 2.26. The third-order valence-corrected chi connectivity index (χ3v) is 7.66. The van der Waals surface area contributed by atoms with E-state index in [2.05, 4.69) is 12.1 Å². The van der Waals surface area contributed by atoms with E-state index in [1.165, 1.54) is 17.3 Å². The fraction of sp³-hybridized carbons (Fsp3) is 0.333. The summed E-state index contributed by atoms with van der Waals surface area (Å²) in [5.74, 6) is 0.